The van der Waals surface area contributed by atoms with Gasteiger partial charge in [-0.2, -0.15) is 0 Å². The maximum atomic E-state index is 13.1. The van der Waals surface area contributed by atoms with Gasteiger partial charge in [0.1, 0.15) is 18.4 Å². The number of carbonyl (C=O) groups is 3. The van der Waals surface area contributed by atoms with Crippen molar-refractivity contribution in [3.05, 3.63) is 101 Å². The van der Waals surface area contributed by atoms with Crippen LogP contribution in [-0.2, 0) is 29.3 Å². The van der Waals surface area contributed by atoms with E-state index >= 15 is 0 Å². The number of ether oxygens (including phenoxy) is 1. The van der Waals surface area contributed by atoms with E-state index < -0.39 is 11.9 Å². The number of likely N-dealkylation sites (tertiary alicyclic amines) is 1. The first kappa shape index (κ1) is 25.3. The van der Waals surface area contributed by atoms with Crippen LogP contribution in [0.15, 0.2) is 72.8 Å². The Morgan fingerprint density at radius 3 is 2.41 bits per heavy atom. The zero-order valence-corrected chi connectivity index (χ0v) is 22.0. The summed E-state index contributed by atoms with van der Waals surface area (Å²) in [5.74, 6) is 0.416. The van der Waals surface area contributed by atoms with Gasteiger partial charge < -0.3 is 9.64 Å². The fourth-order valence-electron chi connectivity index (χ4n) is 6.08. The summed E-state index contributed by atoms with van der Waals surface area (Å²) < 4.78 is 6.22. The Labute approximate surface area is 228 Å². The molecule has 39 heavy (non-hydrogen) atoms. The maximum Gasteiger partial charge on any atom is 0.255 e. The van der Waals surface area contributed by atoms with Crippen LogP contribution < -0.4 is 10.1 Å². The zero-order chi connectivity index (χ0) is 26.8. The smallest absolute Gasteiger partial charge is 0.255 e. The lowest BCUT2D eigenvalue weighted by Crippen LogP contribution is -2.52. The summed E-state index contributed by atoms with van der Waals surface area (Å²) >= 11 is 0. The van der Waals surface area contributed by atoms with Crippen molar-refractivity contribution in [3.8, 4) is 5.75 Å². The number of amides is 3. The Morgan fingerprint density at radius 1 is 0.846 bits per heavy atom. The number of nitrogens with zero attached hydrogens (tertiary/aromatic N) is 2. The van der Waals surface area contributed by atoms with Crippen molar-refractivity contribution in [2.24, 2.45) is 0 Å². The van der Waals surface area contributed by atoms with Crippen molar-refractivity contribution < 1.29 is 19.1 Å². The SMILES string of the molecule is O=C1CCC(N2Cc3c(OCc4cccc(CN5CCC(c6ccccc6)CC5)c4)cccc3C2=O)C(=O)N1. The van der Waals surface area contributed by atoms with Gasteiger partial charge >= 0.3 is 0 Å². The number of hydrogen-bond acceptors (Lipinski definition) is 5. The first-order chi connectivity index (χ1) is 19.0. The van der Waals surface area contributed by atoms with Crippen LogP contribution in [0.1, 0.15) is 64.2 Å². The molecule has 7 heteroatoms. The van der Waals surface area contributed by atoms with Crippen molar-refractivity contribution in [1.82, 2.24) is 15.1 Å². The van der Waals surface area contributed by atoms with E-state index in [4.69, 9.17) is 4.74 Å². The highest BCUT2D eigenvalue weighted by Gasteiger charge is 2.40. The molecular weight excluding hydrogens is 490 g/mol. The highest BCUT2D eigenvalue weighted by molar-refractivity contribution is 6.05. The molecule has 3 amide bonds. The Bertz CT molecular complexity index is 1380. The van der Waals surface area contributed by atoms with Gasteiger partial charge in [-0.15, -0.1) is 0 Å². The van der Waals surface area contributed by atoms with E-state index in [-0.39, 0.29) is 18.2 Å². The van der Waals surface area contributed by atoms with Crippen LogP contribution in [0.25, 0.3) is 0 Å². The van der Waals surface area contributed by atoms with Crippen LogP contribution in [0.2, 0.25) is 0 Å². The van der Waals surface area contributed by atoms with Crippen molar-refractivity contribution in [1.29, 1.82) is 0 Å². The van der Waals surface area contributed by atoms with E-state index in [1.807, 2.05) is 12.1 Å². The molecule has 3 aromatic rings. The molecule has 0 aliphatic carbocycles. The van der Waals surface area contributed by atoms with Crippen molar-refractivity contribution in [2.45, 2.75) is 57.3 Å². The molecule has 2 fully saturated rings. The summed E-state index contributed by atoms with van der Waals surface area (Å²) in [4.78, 5) is 41.1. The van der Waals surface area contributed by atoms with E-state index in [9.17, 15) is 14.4 Å². The van der Waals surface area contributed by atoms with Gasteiger partial charge in [-0.25, -0.2) is 0 Å². The highest BCUT2D eigenvalue weighted by Crippen LogP contribution is 2.34. The Morgan fingerprint density at radius 2 is 1.62 bits per heavy atom. The summed E-state index contributed by atoms with van der Waals surface area (Å²) in [5.41, 5.74) is 5.16. The van der Waals surface area contributed by atoms with E-state index in [1.54, 1.807) is 11.0 Å². The van der Waals surface area contributed by atoms with Crippen LogP contribution in [0.3, 0.4) is 0 Å². The number of imide groups is 1. The number of rotatable bonds is 7. The quantitative estimate of drug-likeness (QED) is 0.465. The van der Waals surface area contributed by atoms with Crippen LogP contribution in [0.5, 0.6) is 5.75 Å². The van der Waals surface area contributed by atoms with Gasteiger partial charge in [-0.05, 0) is 67.1 Å². The second kappa shape index (κ2) is 11.0. The number of nitrogens with one attached hydrogen (secondary N) is 1. The Hall–Kier alpha value is -3.97. The molecule has 3 aliphatic rings. The summed E-state index contributed by atoms with van der Waals surface area (Å²) in [6.07, 6.45) is 2.94. The van der Waals surface area contributed by atoms with Gasteiger partial charge in [0.05, 0.1) is 6.54 Å². The molecule has 7 nitrogen and oxygen atoms in total. The van der Waals surface area contributed by atoms with E-state index in [0.717, 1.165) is 30.8 Å². The largest absolute Gasteiger partial charge is 0.489 e. The molecule has 3 aliphatic heterocycles. The lowest BCUT2D eigenvalue weighted by Gasteiger charge is -2.32. The molecule has 0 radical (unpaired) electrons. The molecule has 0 saturated carbocycles. The Kier molecular flexibility index (Phi) is 7.16. The van der Waals surface area contributed by atoms with Gasteiger partial charge in [-0.3, -0.25) is 24.6 Å². The molecular formula is C32H33N3O4. The topological polar surface area (TPSA) is 79.0 Å². The number of fused-ring (bicyclic) bond motifs is 1. The second-order valence-electron chi connectivity index (χ2n) is 10.8. The highest BCUT2D eigenvalue weighted by atomic mass is 16.5. The first-order valence-electron chi connectivity index (χ1n) is 13.8. The van der Waals surface area contributed by atoms with E-state index in [0.29, 0.717) is 36.8 Å². The van der Waals surface area contributed by atoms with Crippen LogP contribution >= 0.6 is 0 Å². The molecule has 0 spiro atoms. The first-order valence-corrected chi connectivity index (χ1v) is 13.8. The van der Waals surface area contributed by atoms with Gasteiger partial charge in [0, 0.05) is 24.1 Å². The predicted octanol–water partition coefficient (Wildman–Crippen LogP) is 4.41. The number of benzene rings is 3. The number of hydrogen-bond donors (Lipinski definition) is 1. The van der Waals surface area contributed by atoms with Crippen LogP contribution in [0.4, 0.5) is 0 Å². The summed E-state index contributed by atoms with van der Waals surface area (Å²) in [6.45, 7) is 3.80. The molecule has 1 unspecified atom stereocenters. The second-order valence-corrected chi connectivity index (χ2v) is 10.8. The standard InChI is InChI=1S/C32H33N3O4/c36-30-13-12-28(31(37)33-30)35-20-27-26(32(35)38)10-5-11-29(27)39-21-23-7-4-6-22(18-23)19-34-16-14-25(15-17-34)24-8-2-1-3-9-24/h1-11,18,25,28H,12-17,19-21H2,(H,33,36,37). The lowest BCUT2D eigenvalue weighted by atomic mass is 9.89. The third-order valence-corrected chi connectivity index (χ3v) is 8.19. The third kappa shape index (κ3) is 5.45. The minimum absolute atomic E-state index is 0.192. The summed E-state index contributed by atoms with van der Waals surface area (Å²) in [6, 6.07) is 24.2. The van der Waals surface area contributed by atoms with Gasteiger partial charge in [0.15, 0.2) is 0 Å². The normalized spacial score (nSPS) is 20.2. The molecule has 3 heterocycles. The van der Waals surface area contributed by atoms with Gasteiger partial charge in [0.25, 0.3) is 5.91 Å². The van der Waals surface area contributed by atoms with Crippen molar-refractivity contribution >= 4 is 17.7 Å². The van der Waals surface area contributed by atoms with Crippen molar-refractivity contribution in [3.63, 3.8) is 0 Å². The van der Waals surface area contributed by atoms with Crippen LogP contribution in [-0.4, -0.2) is 46.7 Å². The molecule has 1 N–H and O–H groups in total. The number of piperidine rings is 2. The average molecular weight is 524 g/mol. The average Bonchev–Trinajstić information content (AvgIpc) is 3.29. The van der Waals surface area contributed by atoms with E-state index in [1.165, 1.54) is 24.0 Å². The lowest BCUT2D eigenvalue weighted by molar-refractivity contribution is -0.136. The van der Waals surface area contributed by atoms with Crippen molar-refractivity contribution in [2.75, 3.05) is 13.1 Å². The minimum atomic E-state index is -0.634. The van der Waals surface area contributed by atoms with Gasteiger partial charge in [-0.1, -0.05) is 60.7 Å². The fourth-order valence-corrected chi connectivity index (χ4v) is 6.08. The summed E-state index contributed by atoms with van der Waals surface area (Å²) in [5, 5.41) is 2.35. The third-order valence-electron chi connectivity index (χ3n) is 8.19. The minimum Gasteiger partial charge on any atom is -0.489 e. The van der Waals surface area contributed by atoms with Gasteiger partial charge in [0.2, 0.25) is 11.8 Å². The molecule has 6 rings (SSSR count). The molecule has 2 saturated heterocycles. The van der Waals surface area contributed by atoms with E-state index in [2.05, 4.69) is 64.8 Å². The molecule has 1 atom stereocenters. The number of carbonyl (C=O) groups excluding carboxylic acids is 3. The predicted molar refractivity (Wildman–Crippen MR) is 147 cm³/mol. The maximum absolute atomic E-state index is 13.1. The zero-order valence-electron chi connectivity index (χ0n) is 22.0. The summed E-state index contributed by atoms with van der Waals surface area (Å²) in [7, 11) is 0. The fraction of sp³-hybridized carbons (Fsp3) is 0.344. The Balaban J connectivity index is 1.07. The monoisotopic (exact) mass is 523 g/mol. The molecule has 0 bridgehead atoms. The van der Waals surface area contributed by atoms with Crippen LogP contribution in [0, 0.1) is 0 Å². The molecule has 0 aromatic heterocycles. The molecule has 200 valence electrons. The molecule has 3 aromatic carbocycles.